The first-order valence-corrected chi connectivity index (χ1v) is 8.23. The van der Waals surface area contributed by atoms with Crippen LogP contribution in [0, 0.1) is 5.82 Å². The average Bonchev–Trinajstić information content (AvgIpc) is 3.11. The second-order valence-electron chi connectivity index (χ2n) is 5.48. The second-order valence-corrected chi connectivity index (χ2v) is 5.92. The van der Waals surface area contributed by atoms with E-state index >= 15 is 0 Å². The molecule has 27 heavy (non-hydrogen) atoms. The third-order valence-electron chi connectivity index (χ3n) is 3.41. The molecule has 0 radical (unpaired) electrons. The summed E-state index contributed by atoms with van der Waals surface area (Å²) in [6.45, 7) is -0.431. The van der Waals surface area contributed by atoms with Gasteiger partial charge in [0, 0.05) is 16.3 Å². The van der Waals surface area contributed by atoms with Crippen LogP contribution in [0.2, 0.25) is 5.02 Å². The van der Waals surface area contributed by atoms with Crippen molar-refractivity contribution in [2.75, 3.05) is 11.9 Å². The van der Waals surface area contributed by atoms with E-state index in [-0.39, 0.29) is 13.1 Å². The lowest BCUT2D eigenvalue weighted by Crippen LogP contribution is -2.35. The molecule has 0 aliphatic rings. The molecule has 2 N–H and O–H groups in total. The Morgan fingerprint density at radius 2 is 1.74 bits per heavy atom. The molecule has 8 nitrogen and oxygen atoms in total. The molecule has 0 unspecified atom stereocenters. The zero-order valence-corrected chi connectivity index (χ0v) is 14.7. The number of nitrogens with one attached hydrogen (secondary N) is 2. The molecule has 0 saturated carbocycles. The molecule has 138 valence electrons. The number of anilines is 1. The predicted octanol–water partition coefficient (Wildman–Crippen LogP) is 1.89. The standard InChI is InChI=1S/C17H14ClFN6O2/c18-12-3-1-11(2-4-12)17-22-24-25(23-17)10-16(27)20-9-15(26)21-14-7-5-13(19)6-8-14/h1-8H,9-10H2,(H,20,27)(H,21,26). The first-order valence-electron chi connectivity index (χ1n) is 7.85. The highest BCUT2D eigenvalue weighted by Crippen LogP contribution is 2.16. The molecule has 2 amide bonds. The number of tetrazole rings is 1. The fourth-order valence-electron chi connectivity index (χ4n) is 2.13. The zero-order chi connectivity index (χ0) is 19.2. The Balaban J connectivity index is 1.48. The van der Waals surface area contributed by atoms with E-state index in [0.717, 1.165) is 4.80 Å². The lowest BCUT2D eigenvalue weighted by molar-refractivity contribution is -0.124. The van der Waals surface area contributed by atoms with Crippen LogP contribution in [0.3, 0.4) is 0 Å². The maximum absolute atomic E-state index is 12.8. The number of halogens is 2. The summed E-state index contributed by atoms with van der Waals surface area (Å²) in [5.41, 5.74) is 1.14. The second kappa shape index (κ2) is 8.37. The van der Waals surface area contributed by atoms with E-state index in [1.54, 1.807) is 24.3 Å². The summed E-state index contributed by atoms with van der Waals surface area (Å²) in [7, 11) is 0. The minimum Gasteiger partial charge on any atom is -0.345 e. The number of rotatable bonds is 6. The van der Waals surface area contributed by atoms with Crippen molar-refractivity contribution in [2.24, 2.45) is 0 Å². The molecule has 1 heterocycles. The normalized spacial score (nSPS) is 10.4. The topological polar surface area (TPSA) is 102 Å². The quantitative estimate of drug-likeness (QED) is 0.671. The van der Waals surface area contributed by atoms with E-state index in [1.807, 2.05) is 0 Å². The first-order chi connectivity index (χ1) is 13.0. The first kappa shape index (κ1) is 18.5. The number of carbonyl (C=O) groups excluding carboxylic acids is 2. The summed E-state index contributed by atoms with van der Waals surface area (Å²) < 4.78 is 12.8. The summed E-state index contributed by atoms with van der Waals surface area (Å²) >= 11 is 5.83. The Bertz CT molecular complexity index is 943. The van der Waals surface area contributed by atoms with E-state index in [4.69, 9.17) is 11.6 Å². The van der Waals surface area contributed by atoms with Gasteiger partial charge in [0.2, 0.25) is 17.6 Å². The van der Waals surface area contributed by atoms with Gasteiger partial charge in [0.15, 0.2) is 0 Å². The lowest BCUT2D eigenvalue weighted by atomic mass is 10.2. The zero-order valence-electron chi connectivity index (χ0n) is 13.9. The Morgan fingerprint density at radius 3 is 2.44 bits per heavy atom. The largest absolute Gasteiger partial charge is 0.345 e. The Kier molecular flexibility index (Phi) is 5.72. The molecule has 0 bridgehead atoms. The van der Waals surface area contributed by atoms with Crippen molar-refractivity contribution in [3.05, 3.63) is 59.4 Å². The van der Waals surface area contributed by atoms with Crippen molar-refractivity contribution < 1.29 is 14.0 Å². The molecule has 3 rings (SSSR count). The number of hydrogen-bond donors (Lipinski definition) is 2. The van der Waals surface area contributed by atoms with Gasteiger partial charge < -0.3 is 10.6 Å². The number of carbonyl (C=O) groups is 2. The molecule has 3 aromatic rings. The van der Waals surface area contributed by atoms with E-state index in [2.05, 4.69) is 26.0 Å². The van der Waals surface area contributed by atoms with Gasteiger partial charge >= 0.3 is 0 Å². The number of hydrogen-bond acceptors (Lipinski definition) is 5. The molecule has 0 saturated heterocycles. The van der Waals surface area contributed by atoms with Crippen LogP contribution in [0.25, 0.3) is 11.4 Å². The van der Waals surface area contributed by atoms with Crippen LogP contribution in [0.5, 0.6) is 0 Å². The molecule has 0 spiro atoms. The third kappa shape index (κ3) is 5.32. The summed E-state index contributed by atoms with van der Waals surface area (Å²) in [5.74, 6) is -0.944. The van der Waals surface area contributed by atoms with Gasteiger partial charge in [-0.2, -0.15) is 4.80 Å². The summed E-state index contributed by atoms with van der Waals surface area (Å²) in [6, 6.07) is 12.2. The molecule has 0 aliphatic carbocycles. The van der Waals surface area contributed by atoms with Crippen molar-refractivity contribution >= 4 is 29.1 Å². The molecule has 0 atom stereocenters. The fourth-order valence-corrected chi connectivity index (χ4v) is 2.25. The van der Waals surface area contributed by atoms with Gasteiger partial charge in [0.1, 0.15) is 12.4 Å². The molecule has 0 fully saturated rings. The number of benzene rings is 2. The van der Waals surface area contributed by atoms with Gasteiger partial charge in [-0.05, 0) is 53.7 Å². The van der Waals surface area contributed by atoms with E-state index < -0.39 is 17.6 Å². The smallest absolute Gasteiger partial charge is 0.244 e. The Hall–Kier alpha value is -3.33. The van der Waals surface area contributed by atoms with Gasteiger partial charge in [-0.3, -0.25) is 9.59 Å². The molecule has 10 heteroatoms. The van der Waals surface area contributed by atoms with Crippen LogP contribution >= 0.6 is 11.6 Å². The lowest BCUT2D eigenvalue weighted by Gasteiger charge is -2.06. The number of aromatic nitrogens is 4. The van der Waals surface area contributed by atoms with Crippen LogP contribution in [0.1, 0.15) is 0 Å². The highest BCUT2D eigenvalue weighted by atomic mass is 35.5. The third-order valence-corrected chi connectivity index (χ3v) is 3.67. The molecule has 0 aliphatic heterocycles. The van der Waals surface area contributed by atoms with E-state index in [0.29, 0.717) is 22.1 Å². The molecular weight excluding hydrogens is 375 g/mol. The number of amides is 2. The van der Waals surface area contributed by atoms with Crippen molar-refractivity contribution in [2.45, 2.75) is 6.54 Å². The maximum atomic E-state index is 12.8. The summed E-state index contributed by atoms with van der Waals surface area (Å²) in [4.78, 5) is 24.8. The minimum atomic E-state index is -0.454. The summed E-state index contributed by atoms with van der Waals surface area (Å²) in [6.07, 6.45) is 0. The number of nitrogens with zero attached hydrogens (tertiary/aromatic N) is 4. The Morgan fingerprint density at radius 1 is 1.04 bits per heavy atom. The van der Waals surface area contributed by atoms with Crippen LogP contribution in [-0.4, -0.2) is 38.6 Å². The molecular formula is C17H14ClFN6O2. The highest BCUT2D eigenvalue weighted by Gasteiger charge is 2.11. The van der Waals surface area contributed by atoms with Gasteiger partial charge in [0.05, 0.1) is 6.54 Å². The monoisotopic (exact) mass is 388 g/mol. The van der Waals surface area contributed by atoms with E-state index in [9.17, 15) is 14.0 Å². The van der Waals surface area contributed by atoms with Crippen molar-refractivity contribution in [3.63, 3.8) is 0 Å². The predicted molar refractivity (Wildman–Crippen MR) is 96.3 cm³/mol. The average molecular weight is 389 g/mol. The molecule has 2 aromatic carbocycles. The highest BCUT2D eigenvalue weighted by molar-refractivity contribution is 6.30. The van der Waals surface area contributed by atoms with Crippen LogP contribution in [0.4, 0.5) is 10.1 Å². The van der Waals surface area contributed by atoms with Crippen LogP contribution < -0.4 is 10.6 Å². The maximum Gasteiger partial charge on any atom is 0.244 e. The summed E-state index contributed by atoms with van der Waals surface area (Å²) in [5, 5.41) is 17.4. The van der Waals surface area contributed by atoms with Crippen LogP contribution in [-0.2, 0) is 16.1 Å². The van der Waals surface area contributed by atoms with Crippen molar-refractivity contribution in [1.82, 2.24) is 25.5 Å². The van der Waals surface area contributed by atoms with Gasteiger partial charge in [-0.1, -0.05) is 11.6 Å². The van der Waals surface area contributed by atoms with Crippen molar-refractivity contribution in [1.29, 1.82) is 0 Å². The SMILES string of the molecule is O=C(Cn1nnc(-c2ccc(Cl)cc2)n1)NCC(=O)Nc1ccc(F)cc1. The van der Waals surface area contributed by atoms with Crippen molar-refractivity contribution in [3.8, 4) is 11.4 Å². The Labute approximate surface area is 158 Å². The molecule has 1 aromatic heterocycles. The van der Waals surface area contributed by atoms with Gasteiger partial charge in [-0.15, -0.1) is 10.2 Å². The van der Waals surface area contributed by atoms with E-state index in [1.165, 1.54) is 24.3 Å². The minimum absolute atomic E-state index is 0.190. The van der Waals surface area contributed by atoms with Gasteiger partial charge in [0.25, 0.3) is 0 Å². The van der Waals surface area contributed by atoms with Gasteiger partial charge in [-0.25, -0.2) is 4.39 Å². The van der Waals surface area contributed by atoms with Crippen LogP contribution in [0.15, 0.2) is 48.5 Å². The fraction of sp³-hybridized carbons (Fsp3) is 0.118.